The topological polar surface area (TPSA) is 253 Å². The molecule has 0 bridgehead atoms. The van der Waals surface area contributed by atoms with Crippen LogP contribution in [0, 0.1) is 41.5 Å². The predicted octanol–water partition coefficient (Wildman–Crippen LogP) is 5.95. The van der Waals surface area contributed by atoms with Crippen LogP contribution >= 0.6 is 0 Å². The lowest BCUT2D eigenvalue weighted by Gasteiger charge is -2.34. The highest BCUT2D eigenvalue weighted by atomic mass is 16.4. The second-order valence-corrected chi connectivity index (χ2v) is 16.0. The average molecular weight is 877 g/mol. The number of hydrogen-bond donors (Lipinski definition) is 5. The van der Waals surface area contributed by atoms with Gasteiger partial charge in [0, 0.05) is 80.2 Å². The second-order valence-electron chi connectivity index (χ2n) is 16.0. The minimum Gasteiger partial charge on any atom is -0.478 e. The number of carbonyl (C=O) groups excluding carboxylic acids is 1. The molecule has 5 N–H and O–H groups in total. The van der Waals surface area contributed by atoms with Crippen LogP contribution < -0.4 is 5.32 Å². The van der Waals surface area contributed by atoms with Crippen molar-refractivity contribution in [2.45, 2.75) is 60.8 Å². The minimum atomic E-state index is -1.25. The Morgan fingerprint density at radius 3 is 1.69 bits per heavy atom. The molecule has 7 rings (SSSR count). The number of hydrogen-bond acceptors (Lipinski definition) is 14. The van der Waals surface area contributed by atoms with Crippen molar-refractivity contribution < 1.29 is 57.7 Å². The summed E-state index contributed by atoms with van der Waals surface area (Å²) < 4.78 is 17.8. The van der Waals surface area contributed by atoms with E-state index in [2.05, 4.69) is 25.1 Å². The Morgan fingerprint density at radius 2 is 1.22 bits per heavy atom. The highest BCUT2D eigenvalue weighted by molar-refractivity contribution is 5.95. The molecule has 7 heterocycles. The Hall–Kier alpha value is -7.15. The van der Waals surface area contributed by atoms with Crippen molar-refractivity contribution >= 4 is 35.7 Å². The average Bonchev–Trinajstić information content (AvgIpc) is 3.88. The highest BCUT2D eigenvalue weighted by Gasteiger charge is 2.30. The SMILES string of the molecule is Cc1cc(C)c(-c2cc(CN3CCN(Cc4cc(-c5oc(C)c(C=O)c5C)cc(C(=O)O)n4)CCN(C4C=C(c5oc(C)c(C(=O)O)c5C)C=C(C(=O)O)N4)CC3)nc(C(=O)O)c2)o1. The molecule has 18 nitrogen and oxygen atoms in total. The second kappa shape index (κ2) is 18.3. The van der Waals surface area contributed by atoms with Crippen LogP contribution in [0.5, 0.6) is 0 Å². The van der Waals surface area contributed by atoms with Crippen LogP contribution in [0.25, 0.3) is 28.2 Å². The smallest absolute Gasteiger partial charge is 0.354 e. The first kappa shape index (κ1) is 44.9. The Kier molecular flexibility index (Phi) is 12.8. The van der Waals surface area contributed by atoms with Gasteiger partial charge in [-0.3, -0.25) is 19.5 Å². The van der Waals surface area contributed by atoms with E-state index in [-0.39, 0.29) is 47.3 Å². The number of allylic oxidation sites excluding steroid dienone is 2. The zero-order valence-corrected chi connectivity index (χ0v) is 36.1. The Labute approximate surface area is 367 Å². The van der Waals surface area contributed by atoms with Crippen molar-refractivity contribution in [2.75, 3.05) is 39.3 Å². The molecule has 0 radical (unpaired) electrons. The van der Waals surface area contributed by atoms with Crippen LogP contribution in [0.2, 0.25) is 0 Å². The molecule has 2 aliphatic heterocycles. The number of nitrogens with one attached hydrogen (secondary N) is 1. The number of aldehydes is 1. The summed E-state index contributed by atoms with van der Waals surface area (Å²) in [4.78, 5) is 76.4. The third kappa shape index (κ3) is 9.43. The van der Waals surface area contributed by atoms with E-state index in [4.69, 9.17) is 13.3 Å². The number of dihydropyridines is 1. The van der Waals surface area contributed by atoms with Crippen LogP contribution in [-0.4, -0.2) is 121 Å². The number of carboxylic acids is 4. The predicted molar refractivity (Wildman–Crippen MR) is 230 cm³/mol. The maximum Gasteiger partial charge on any atom is 0.354 e. The van der Waals surface area contributed by atoms with Gasteiger partial charge in [-0.15, -0.1) is 0 Å². The Morgan fingerprint density at radius 1 is 0.672 bits per heavy atom. The van der Waals surface area contributed by atoms with E-state index in [1.54, 1.807) is 39.0 Å². The monoisotopic (exact) mass is 876 g/mol. The van der Waals surface area contributed by atoms with Crippen molar-refractivity contribution in [3.8, 4) is 22.6 Å². The van der Waals surface area contributed by atoms with E-state index in [0.29, 0.717) is 113 Å². The lowest BCUT2D eigenvalue weighted by molar-refractivity contribution is -0.133. The normalized spacial score (nSPS) is 16.6. The minimum absolute atomic E-state index is 0.00313. The molecule has 0 aromatic carbocycles. The molecule has 2 aliphatic rings. The van der Waals surface area contributed by atoms with Crippen LogP contribution in [-0.2, 0) is 17.9 Å². The lowest BCUT2D eigenvalue weighted by atomic mass is 10.0. The first-order valence-corrected chi connectivity index (χ1v) is 20.5. The molecular weight excluding hydrogens is 829 g/mol. The molecule has 0 amide bonds. The summed E-state index contributed by atoms with van der Waals surface area (Å²) in [5.41, 5.74) is 3.94. The largest absolute Gasteiger partial charge is 0.478 e. The number of aromatic nitrogens is 2. The zero-order valence-electron chi connectivity index (χ0n) is 36.1. The van der Waals surface area contributed by atoms with Crippen molar-refractivity contribution in [1.29, 1.82) is 0 Å². The molecule has 0 spiro atoms. The molecule has 0 aliphatic carbocycles. The van der Waals surface area contributed by atoms with Crippen LogP contribution in [0.4, 0.5) is 0 Å². The van der Waals surface area contributed by atoms with E-state index >= 15 is 0 Å². The van der Waals surface area contributed by atoms with Crippen molar-refractivity contribution in [3.05, 3.63) is 122 Å². The van der Waals surface area contributed by atoms with Gasteiger partial charge in [-0.2, -0.15) is 0 Å². The van der Waals surface area contributed by atoms with Gasteiger partial charge in [-0.1, -0.05) is 0 Å². The summed E-state index contributed by atoms with van der Waals surface area (Å²) in [5.74, 6) is -2.46. The number of aromatic carboxylic acids is 3. The molecule has 1 fully saturated rings. The molecule has 5 aromatic heterocycles. The molecule has 64 heavy (non-hydrogen) atoms. The number of pyridine rings is 2. The zero-order chi connectivity index (χ0) is 46.1. The van der Waals surface area contributed by atoms with Gasteiger partial charge in [0.25, 0.3) is 0 Å². The summed E-state index contributed by atoms with van der Waals surface area (Å²) in [5, 5.41) is 43.4. The molecule has 5 aromatic rings. The van der Waals surface area contributed by atoms with E-state index in [1.165, 1.54) is 25.1 Å². The van der Waals surface area contributed by atoms with Gasteiger partial charge >= 0.3 is 23.9 Å². The summed E-state index contributed by atoms with van der Waals surface area (Å²) in [6, 6.07) is 8.28. The first-order valence-electron chi connectivity index (χ1n) is 20.5. The molecule has 1 atom stereocenters. The molecular formula is C46H48N6O12. The Balaban J connectivity index is 1.26. The number of furan rings is 3. The van der Waals surface area contributed by atoms with Crippen LogP contribution in [0.3, 0.4) is 0 Å². The third-order valence-corrected chi connectivity index (χ3v) is 11.5. The number of aryl methyl sites for hydroxylation is 4. The summed E-state index contributed by atoms with van der Waals surface area (Å²) >= 11 is 0. The van der Waals surface area contributed by atoms with Crippen molar-refractivity contribution in [2.24, 2.45) is 0 Å². The summed E-state index contributed by atoms with van der Waals surface area (Å²) in [6.45, 7) is 13.1. The molecule has 18 heteroatoms. The third-order valence-electron chi connectivity index (χ3n) is 11.5. The van der Waals surface area contributed by atoms with Gasteiger partial charge in [0.1, 0.15) is 57.2 Å². The van der Waals surface area contributed by atoms with E-state index in [1.807, 2.05) is 24.8 Å². The number of rotatable bonds is 13. The van der Waals surface area contributed by atoms with E-state index in [9.17, 15) is 44.4 Å². The van der Waals surface area contributed by atoms with Crippen LogP contribution in [0.15, 0.2) is 61.4 Å². The van der Waals surface area contributed by atoms with E-state index < -0.39 is 30.0 Å². The van der Waals surface area contributed by atoms with Gasteiger partial charge in [-0.25, -0.2) is 29.1 Å². The summed E-state index contributed by atoms with van der Waals surface area (Å²) in [7, 11) is 0. The standard InChI is InChI=1S/C46H48N6O12/c1-23-13-24(2)62-40(23)29-14-32(47-35(16-29)43(54)55)20-50-7-8-51(21-33-15-30(17-36(48-33)44(56)57)41-25(3)34(22-53)27(5)63-41)10-12-52(11-9-50)38-19-31(18-37(49-38)45(58)59)42-26(4)39(46(60)61)28(6)64-42/h13-19,22,38,49H,7-12,20-21H2,1-6H3,(H,54,55)(H,56,57)(H,58,59)(H,60,61). The fraction of sp³-hybridized carbons (Fsp3) is 0.326. The number of aliphatic carboxylic acids is 1. The van der Waals surface area contributed by atoms with Crippen LogP contribution in [0.1, 0.15) is 92.8 Å². The Bertz CT molecular complexity index is 2760. The van der Waals surface area contributed by atoms with Crippen molar-refractivity contribution in [1.82, 2.24) is 30.0 Å². The highest BCUT2D eigenvalue weighted by Crippen LogP contribution is 2.33. The fourth-order valence-electron chi connectivity index (χ4n) is 8.40. The first-order chi connectivity index (χ1) is 30.4. The number of carbonyl (C=O) groups is 5. The fourth-order valence-corrected chi connectivity index (χ4v) is 8.40. The van der Waals surface area contributed by atoms with Gasteiger partial charge in [0.15, 0.2) is 6.29 Å². The summed E-state index contributed by atoms with van der Waals surface area (Å²) in [6.07, 6.45) is 3.18. The van der Waals surface area contributed by atoms with Gasteiger partial charge in [0.05, 0.1) is 23.1 Å². The van der Waals surface area contributed by atoms with Gasteiger partial charge < -0.3 is 39.0 Å². The molecule has 334 valence electrons. The van der Waals surface area contributed by atoms with E-state index in [0.717, 1.165) is 5.56 Å². The number of nitrogens with zero attached hydrogens (tertiary/aromatic N) is 5. The molecule has 0 saturated carbocycles. The quantitative estimate of drug-likeness (QED) is 0.0857. The van der Waals surface area contributed by atoms with Crippen molar-refractivity contribution in [3.63, 3.8) is 0 Å². The molecule has 1 unspecified atom stereocenters. The lowest BCUT2D eigenvalue weighted by Crippen LogP contribution is -2.50. The maximum atomic E-state index is 12.6. The number of carboxylic acid groups (broad SMARTS) is 4. The van der Waals surface area contributed by atoms with Gasteiger partial charge in [-0.05, 0) is 89.6 Å². The maximum absolute atomic E-state index is 12.6. The molecule has 1 saturated heterocycles. The van der Waals surface area contributed by atoms with Gasteiger partial charge in [0.2, 0.25) is 0 Å².